The van der Waals surface area contributed by atoms with Gasteiger partial charge in [-0.25, -0.2) is 0 Å². The molecule has 1 saturated heterocycles. The predicted molar refractivity (Wildman–Crippen MR) is 71.4 cm³/mol. The lowest BCUT2D eigenvalue weighted by atomic mass is 10.1. The van der Waals surface area contributed by atoms with E-state index in [2.05, 4.69) is 16.0 Å². The van der Waals surface area contributed by atoms with Crippen molar-refractivity contribution >= 4 is 5.91 Å². The quantitative estimate of drug-likeness (QED) is 0.815. The van der Waals surface area contributed by atoms with E-state index in [0.29, 0.717) is 18.8 Å². The minimum absolute atomic E-state index is 0.0229. The van der Waals surface area contributed by atoms with Gasteiger partial charge in [0.2, 0.25) is 0 Å². The Bertz CT molecular complexity index is 460. The summed E-state index contributed by atoms with van der Waals surface area (Å²) < 4.78 is 0. The van der Waals surface area contributed by atoms with Gasteiger partial charge in [0.05, 0.1) is 12.1 Å². The number of amides is 1. The van der Waals surface area contributed by atoms with Crippen LogP contribution in [0.2, 0.25) is 0 Å². The summed E-state index contributed by atoms with van der Waals surface area (Å²) in [6.07, 6.45) is 2.46. The maximum absolute atomic E-state index is 12.2. The molecule has 0 saturated carbocycles. The van der Waals surface area contributed by atoms with Crippen molar-refractivity contribution in [3.63, 3.8) is 0 Å². The molecule has 0 aromatic carbocycles. The summed E-state index contributed by atoms with van der Waals surface area (Å²) in [4.78, 5) is 20.2. The van der Waals surface area contributed by atoms with Gasteiger partial charge in [-0.1, -0.05) is 13.0 Å². The molecule has 1 aromatic rings. The number of rotatable bonds is 3. The number of hydrogen-bond acceptors (Lipinski definition) is 4. The summed E-state index contributed by atoms with van der Waals surface area (Å²) >= 11 is 0. The summed E-state index contributed by atoms with van der Waals surface area (Å²) in [5, 5.41) is 9.05. The van der Waals surface area contributed by atoms with Gasteiger partial charge in [0, 0.05) is 32.4 Å². The summed E-state index contributed by atoms with van der Waals surface area (Å²) in [7, 11) is 0. The Morgan fingerprint density at radius 3 is 2.68 bits per heavy atom. The van der Waals surface area contributed by atoms with Crippen LogP contribution in [-0.4, -0.2) is 52.9 Å². The van der Waals surface area contributed by atoms with Crippen molar-refractivity contribution in [2.75, 3.05) is 26.2 Å². The average molecular weight is 258 g/mol. The maximum Gasteiger partial charge on any atom is 0.272 e. The molecule has 19 heavy (non-hydrogen) atoms. The van der Waals surface area contributed by atoms with E-state index < -0.39 is 0 Å². The molecule has 5 heteroatoms. The molecule has 0 spiro atoms. The molecule has 1 unspecified atom stereocenters. The molecular weight excluding hydrogens is 240 g/mol. The molecular formula is C14H18N4O. The van der Waals surface area contributed by atoms with Crippen LogP contribution in [0.25, 0.3) is 0 Å². The highest BCUT2D eigenvalue weighted by Crippen LogP contribution is 2.11. The first kappa shape index (κ1) is 13.5. The zero-order chi connectivity index (χ0) is 13.7. The van der Waals surface area contributed by atoms with Crippen molar-refractivity contribution in [3.05, 3.63) is 30.1 Å². The zero-order valence-electron chi connectivity index (χ0n) is 11.1. The third-order valence-corrected chi connectivity index (χ3v) is 3.46. The Labute approximate surface area is 113 Å². The van der Waals surface area contributed by atoms with Crippen LogP contribution < -0.4 is 0 Å². The molecule has 1 atom stereocenters. The molecule has 0 N–H and O–H groups in total. The highest BCUT2D eigenvalue weighted by atomic mass is 16.2. The fraction of sp³-hybridized carbons (Fsp3) is 0.500. The molecule has 0 aliphatic carbocycles. The number of carbonyl (C=O) groups excluding carboxylic acids is 1. The standard InChI is InChI=1S/C14H18N4O/c1-2-12(11-15)17-7-9-18(10-8-17)14(19)13-5-3-4-6-16-13/h3-6,12H,2,7-10H2,1H3. The number of nitriles is 1. The molecule has 1 amide bonds. The lowest BCUT2D eigenvalue weighted by Crippen LogP contribution is -2.51. The van der Waals surface area contributed by atoms with E-state index >= 15 is 0 Å². The SMILES string of the molecule is CCC(C#N)N1CCN(C(=O)c2ccccn2)CC1. The fourth-order valence-corrected chi connectivity index (χ4v) is 2.32. The summed E-state index contributed by atoms with van der Waals surface area (Å²) in [5.74, 6) is -0.0229. The first-order chi connectivity index (χ1) is 9.26. The summed E-state index contributed by atoms with van der Waals surface area (Å²) in [5.41, 5.74) is 0.489. The largest absolute Gasteiger partial charge is 0.335 e. The second kappa shape index (κ2) is 6.30. The van der Waals surface area contributed by atoms with Gasteiger partial charge in [0.1, 0.15) is 5.69 Å². The molecule has 1 aliphatic rings. The van der Waals surface area contributed by atoms with E-state index in [4.69, 9.17) is 5.26 Å². The third-order valence-electron chi connectivity index (χ3n) is 3.46. The molecule has 1 fully saturated rings. The maximum atomic E-state index is 12.2. The van der Waals surface area contributed by atoms with Gasteiger partial charge in [-0.2, -0.15) is 5.26 Å². The van der Waals surface area contributed by atoms with Crippen LogP contribution in [0.4, 0.5) is 0 Å². The Balaban J connectivity index is 1.94. The first-order valence-electron chi connectivity index (χ1n) is 6.60. The van der Waals surface area contributed by atoms with Crippen LogP contribution in [0.3, 0.4) is 0 Å². The van der Waals surface area contributed by atoms with Crippen molar-refractivity contribution in [2.45, 2.75) is 19.4 Å². The van der Waals surface area contributed by atoms with E-state index in [1.54, 1.807) is 18.3 Å². The monoisotopic (exact) mass is 258 g/mol. The molecule has 1 aromatic heterocycles. The van der Waals surface area contributed by atoms with Crippen LogP contribution in [0.5, 0.6) is 0 Å². The minimum Gasteiger partial charge on any atom is -0.335 e. The van der Waals surface area contributed by atoms with Crippen LogP contribution >= 0.6 is 0 Å². The highest BCUT2D eigenvalue weighted by molar-refractivity contribution is 5.92. The van der Waals surface area contributed by atoms with Gasteiger partial charge in [-0.3, -0.25) is 14.7 Å². The van der Waals surface area contributed by atoms with Gasteiger partial charge in [0.15, 0.2) is 0 Å². The number of hydrogen-bond donors (Lipinski definition) is 0. The van der Waals surface area contributed by atoms with Gasteiger partial charge >= 0.3 is 0 Å². The van der Waals surface area contributed by atoms with Crippen molar-refractivity contribution in [1.29, 1.82) is 5.26 Å². The van der Waals surface area contributed by atoms with Crippen LogP contribution in [0.15, 0.2) is 24.4 Å². The van der Waals surface area contributed by atoms with Crippen molar-refractivity contribution in [3.8, 4) is 6.07 Å². The average Bonchev–Trinajstić information content (AvgIpc) is 2.49. The zero-order valence-corrected chi connectivity index (χ0v) is 11.1. The van der Waals surface area contributed by atoms with Gasteiger partial charge in [-0.05, 0) is 18.6 Å². The predicted octanol–water partition coefficient (Wildman–Crippen LogP) is 1.14. The number of pyridine rings is 1. The van der Waals surface area contributed by atoms with E-state index in [9.17, 15) is 4.79 Å². The molecule has 2 heterocycles. The number of piperazine rings is 1. The Kier molecular flexibility index (Phi) is 4.48. The molecule has 0 bridgehead atoms. The summed E-state index contributed by atoms with van der Waals surface area (Å²) in [6.45, 7) is 4.84. The molecule has 2 rings (SSSR count). The molecule has 5 nitrogen and oxygen atoms in total. The Morgan fingerprint density at radius 2 is 2.16 bits per heavy atom. The van der Waals surface area contributed by atoms with Gasteiger partial charge in [0.25, 0.3) is 5.91 Å². The van der Waals surface area contributed by atoms with Crippen LogP contribution in [-0.2, 0) is 0 Å². The van der Waals surface area contributed by atoms with Crippen molar-refractivity contribution in [2.24, 2.45) is 0 Å². The van der Waals surface area contributed by atoms with Crippen molar-refractivity contribution in [1.82, 2.24) is 14.8 Å². The van der Waals surface area contributed by atoms with Crippen LogP contribution in [0, 0.1) is 11.3 Å². The normalized spacial score (nSPS) is 17.8. The third kappa shape index (κ3) is 3.09. The van der Waals surface area contributed by atoms with Gasteiger partial charge in [-0.15, -0.1) is 0 Å². The van der Waals surface area contributed by atoms with Gasteiger partial charge < -0.3 is 4.90 Å². The Hall–Kier alpha value is -1.93. The molecule has 0 radical (unpaired) electrons. The minimum atomic E-state index is -0.0351. The van der Waals surface area contributed by atoms with E-state index in [1.165, 1.54) is 0 Å². The smallest absolute Gasteiger partial charge is 0.272 e. The first-order valence-corrected chi connectivity index (χ1v) is 6.60. The molecule has 100 valence electrons. The van der Waals surface area contributed by atoms with Crippen molar-refractivity contribution < 1.29 is 4.79 Å². The van der Waals surface area contributed by atoms with Crippen LogP contribution in [0.1, 0.15) is 23.8 Å². The summed E-state index contributed by atoms with van der Waals surface area (Å²) in [6, 6.07) is 7.63. The van der Waals surface area contributed by atoms with E-state index in [0.717, 1.165) is 19.5 Å². The number of aromatic nitrogens is 1. The van der Waals surface area contributed by atoms with E-state index in [-0.39, 0.29) is 11.9 Å². The second-order valence-corrected chi connectivity index (χ2v) is 4.60. The lowest BCUT2D eigenvalue weighted by Gasteiger charge is -2.36. The lowest BCUT2D eigenvalue weighted by molar-refractivity contribution is 0.0599. The second-order valence-electron chi connectivity index (χ2n) is 4.60. The van der Waals surface area contributed by atoms with E-state index in [1.807, 2.05) is 17.9 Å². The highest BCUT2D eigenvalue weighted by Gasteiger charge is 2.25. The topological polar surface area (TPSA) is 60.2 Å². The molecule has 1 aliphatic heterocycles. The Morgan fingerprint density at radius 1 is 1.42 bits per heavy atom. The number of carbonyl (C=O) groups is 1. The number of nitrogens with zero attached hydrogens (tertiary/aromatic N) is 4. The fourth-order valence-electron chi connectivity index (χ4n) is 2.32.